The number of rotatable bonds is 4. The summed E-state index contributed by atoms with van der Waals surface area (Å²) in [6, 6.07) is 11.2. The number of piperidine rings is 1. The largest absolute Gasteiger partial charge is 0.507 e. The van der Waals surface area contributed by atoms with Gasteiger partial charge in [0.05, 0.1) is 5.56 Å². The van der Waals surface area contributed by atoms with Crippen molar-refractivity contribution < 1.29 is 9.50 Å². The number of thiol groups is 1. The molecular weight excluding hydrogens is 349 g/mol. The number of aromatic hydroxyl groups is 1. The molecule has 26 heavy (non-hydrogen) atoms. The van der Waals surface area contributed by atoms with Gasteiger partial charge in [-0.05, 0) is 68.2 Å². The SMILES string of the molecule is NCCN1CCC(CN)CC1.Oc1cccc(F)c1-c1ccc(S)cc1. The van der Waals surface area contributed by atoms with Crippen LogP contribution in [0.15, 0.2) is 47.4 Å². The summed E-state index contributed by atoms with van der Waals surface area (Å²) in [6.07, 6.45) is 2.52. The standard InChI is InChI=1S/C12H9FOS.C8H19N3/c13-10-2-1-3-11(14)12(10)8-4-6-9(15)7-5-8;9-3-6-11-4-1-8(7-10)2-5-11/h1-7,14-15H;8H,1-7,9-10H2. The Bertz CT molecular complexity index is 653. The molecule has 1 aliphatic heterocycles. The maximum absolute atomic E-state index is 13.5. The summed E-state index contributed by atoms with van der Waals surface area (Å²) in [5.74, 6) is 0.285. The Morgan fingerprint density at radius 3 is 2.27 bits per heavy atom. The fraction of sp³-hybridized carbons (Fsp3) is 0.400. The van der Waals surface area contributed by atoms with Crippen molar-refractivity contribution in [3.63, 3.8) is 0 Å². The van der Waals surface area contributed by atoms with Gasteiger partial charge in [-0.15, -0.1) is 12.6 Å². The first kappa shape index (κ1) is 20.7. The van der Waals surface area contributed by atoms with E-state index in [1.54, 1.807) is 24.3 Å². The number of benzene rings is 2. The molecule has 6 heteroatoms. The molecule has 2 aromatic rings. The lowest BCUT2D eigenvalue weighted by Gasteiger charge is -2.30. The molecule has 1 fully saturated rings. The number of hydrogen-bond acceptors (Lipinski definition) is 5. The molecule has 5 N–H and O–H groups in total. The fourth-order valence-electron chi connectivity index (χ4n) is 3.05. The van der Waals surface area contributed by atoms with E-state index >= 15 is 0 Å². The van der Waals surface area contributed by atoms with Gasteiger partial charge >= 0.3 is 0 Å². The number of halogens is 1. The van der Waals surface area contributed by atoms with E-state index in [1.807, 2.05) is 0 Å². The normalized spacial score (nSPS) is 15.4. The van der Waals surface area contributed by atoms with Crippen molar-refractivity contribution in [2.45, 2.75) is 17.7 Å². The van der Waals surface area contributed by atoms with Crippen molar-refractivity contribution in [3.8, 4) is 16.9 Å². The number of nitrogens with zero attached hydrogens (tertiary/aromatic N) is 1. The van der Waals surface area contributed by atoms with Crippen LogP contribution in [0.25, 0.3) is 11.1 Å². The third-order valence-corrected chi connectivity index (χ3v) is 4.93. The monoisotopic (exact) mass is 377 g/mol. The number of phenols is 1. The van der Waals surface area contributed by atoms with Crippen LogP contribution in [-0.4, -0.2) is 42.7 Å². The second-order valence-electron chi connectivity index (χ2n) is 6.49. The highest BCUT2D eigenvalue weighted by Gasteiger charge is 2.16. The highest BCUT2D eigenvalue weighted by Crippen LogP contribution is 2.31. The molecule has 0 spiro atoms. The Labute approximate surface area is 160 Å². The fourth-order valence-corrected chi connectivity index (χ4v) is 3.20. The van der Waals surface area contributed by atoms with E-state index in [9.17, 15) is 9.50 Å². The summed E-state index contributed by atoms with van der Waals surface area (Å²) in [5, 5.41) is 9.55. The van der Waals surface area contributed by atoms with Crippen molar-refractivity contribution >= 4 is 12.6 Å². The highest BCUT2D eigenvalue weighted by atomic mass is 32.1. The van der Waals surface area contributed by atoms with Gasteiger partial charge in [-0.2, -0.15) is 0 Å². The van der Waals surface area contributed by atoms with Gasteiger partial charge in [0.15, 0.2) is 0 Å². The maximum Gasteiger partial charge on any atom is 0.134 e. The molecule has 0 radical (unpaired) electrons. The predicted octanol–water partition coefficient (Wildman–Crippen LogP) is 3.10. The van der Waals surface area contributed by atoms with E-state index in [4.69, 9.17) is 11.5 Å². The molecule has 1 heterocycles. The van der Waals surface area contributed by atoms with Crippen LogP contribution < -0.4 is 11.5 Å². The van der Waals surface area contributed by atoms with Gasteiger partial charge < -0.3 is 21.5 Å². The zero-order valence-electron chi connectivity index (χ0n) is 14.9. The topological polar surface area (TPSA) is 75.5 Å². The van der Waals surface area contributed by atoms with E-state index in [0.717, 1.165) is 30.4 Å². The number of likely N-dealkylation sites (tertiary alicyclic amines) is 1. The second-order valence-corrected chi connectivity index (χ2v) is 7.01. The van der Waals surface area contributed by atoms with Crippen molar-refractivity contribution in [1.29, 1.82) is 0 Å². The highest BCUT2D eigenvalue weighted by molar-refractivity contribution is 7.80. The third-order valence-electron chi connectivity index (χ3n) is 4.63. The minimum atomic E-state index is -0.429. The molecule has 0 saturated carbocycles. The van der Waals surface area contributed by atoms with Crippen LogP contribution in [0.5, 0.6) is 5.75 Å². The van der Waals surface area contributed by atoms with E-state index < -0.39 is 5.82 Å². The average molecular weight is 378 g/mol. The summed E-state index contributed by atoms with van der Waals surface area (Å²) in [6.45, 7) is 5.08. The average Bonchev–Trinajstić information content (AvgIpc) is 2.65. The molecule has 0 bridgehead atoms. The van der Waals surface area contributed by atoms with Gasteiger partial charge in [-0.25, -0.2) is 4.39 Å². The van der Waals surface area contributed by atoms with E-state index in [1.165, 1.54) is 44.1 Å². The number of hydrogen-bond donors (Lipinski definition) is 4. The molecule has 3 rings (SSSR count). The zero-order valence-corrected chi connectivity index (χ0v) is 15.8. The van der Waals surface area contributed by atoms with E-state index in [2.05, 4.69) is 17.5 Å². The van der Waals surface area contributed by atoms with Crippen LogP contribution in [0.1, 0.15) is 12.8 Å². The van der Waals surface area contributed by atoms with Crippen LogP contribution in [-0.2, 0) is 0 Å². The Morgan fingerprint density at radius 1 is 1.08 bits per heavy atom. The van der Waals surface area contributed by atoms with Crippen molar-refractivity contribution in [2.24, 2.45) is 17.4 Å². The first-order chi connectivity index (χ1) is 12.5. The second kappa shape index (κ2) is 10.5. The first-order valence-corrected chi connectivity index (χ1v) is 9.39. The molecule has 1 aliphatic rings. The van der Waals surface area contributed by atoms with E-state index in [0.29, 0.717) is 5.56 Å². The summed E-state index contributed by atoms with van der Waals surface area (Å²) in [5.41, 5.74) is 11.9. The number of phenolic OH excluding ortho intramolecular Hbond substituents is 1. The predicted molar refractivity (Wildman–Crippen MR) is 108 cm³/mol. The zero-order chi connectivity index (χ0) is 18.9. The van der Waals surface area contributed by atoms with Crippen LogP contribution in [0, 0.1) is 11.7 Å². The molecular formula is C20H28FN3OS. The van der Waals surface area contributed by atoms with Gasteiger partial charge in [0, 0.05) is 18.0 Å². The van der Waals surface area contributed by atoms with E-state index in [-0.39, 0.29) is 11.3 Å². The number of nitrogens with two attached hydrogens (primary N) is 2. The molecule has 142 valence electrons. The molecule has 1 saturated heterocycles. The van der Waals surface area contributed by atoms with Gasteiger partial charge in [0.25, 0.3) is 0 Å². The lowest BCUT2D eigenvalue weighted by Crippen LogP contribution is -2.38. The minimum Gasteiger partial charge on any atom is -0.507 e. The summed E-state index contributed by atoms with van der Waals surface area (Å²) >= 11 is 4.14. The van der Waals surface area contributed by atoms with Crippen molar-refractivity contribution in [2.75, 3.05) is 32.7 Å². The lowest BCUT2D eigenvalue weighted by atomic mass is 9.97. The molecule has 2 aromatic carbocycles. The smallest absolute Gasteiger partial charge is 0.134 e. The molecule has 0 atom stereocenters. The minimum absolute atomic E-state index is 0.0538. The van der Waals surface area contributed by atoms with Crippen LogP contribution in [0.2, 0.25) is 0 Å². The third kappa shape index (κ3) is 5.99. The van der Waals surface area contributed by atoms with Gasteiger partial charge in [-0.3, -0.25) is 0 Å². The Hall–Kier alpha value is -1.60. The first-order valence-electron chi connectivity index (χ1n) is 8.94. The Balaban J connectivity index is 0.000000197. The summed E-state index contributed by atoms with van der Waals surface area (Å²) in [4.78, 5) is 3.22. The lowest BCUT2D eigenvalue weighted by molar-refractivity contribution is 0.192. The van der Waals surface area contributed by atoms with Crippen LogP contribution in [0.3, 0.4) is 0 Å². The Morgan fingerprint density at radius 2 is 1.73 bits per heavy atom. The van der Waals surface area contributed by atoms with Crippen molar-refractivity contribution in [1.82, 2.24) is 4.90 Å². The molecule has 0 aromatic heterocycles. The van der Waals surface area contributed by atoms with Gasteiger partial charge in [0.1, 0.15) is 11.6 Å². The van der Waals surface area contributed by atoms with Crippen LogP contribution in [0.4, 0.5) is 4.39 Å². The Kier molecular flexibility index (Phi) is 8.38. The molecule has 4 nitrogen and oxygen atoms in total. The summed E-state index contributed by atoms with van der Waals surface area (Å²) < 4.78 is 13.5. The molecule has 0 unspecified atom stereocenters. The van der Waals surface area contributed by atoms with Gasteiger partial charge in [0.2, 0.25) is 0 Å². The van der Waals surface area contributed by atoms with Crippen molar-refractivity contribution in [3.05, 3.63) is 48.3 Å². The molecule has 0 aliphatic carbocycles. The van der Waals surface area contributed by atoms with Crippen LogP contribution >= 0.6 is 12.6 Å². The van der Waals surface area contributed by atoms with Gasteiger partial charge in [-0.1, -0.05) is 18.2 Å². The quantitative estimate of drug-likeness (QED) is 0.618. The molecule has 0 amide bonds. The maximum atomic E-state index is 13.5. The summed E-state index contributed by atoms with van der Waals surface area (Å²) in [7, 11) is 0.